The Balaban J connectivity index is 1.46. The van der Waals surface area contributed by atoms with Crippen LogP contribution in [-0.2, 0) is 25.4 Å². The maximum atomic E-state index is 13.4. The highest BCUT2D eigenvalue weighted by atomic mass is 16.7. The van der Waals surface area contributed by atoms with Crippen LogP contribution in [0.4, 0.5) is 0 Å². The molecule has 4 rings (SSSR count). The summed E-state index contributed by atoms with van der Waals surface area (Å²) in [4.78, 5) is 16.5. The molecule has 3 unspecified atom stereocenters. The largest absolute Gasteiger partial charge is 0.460 e. The molecule has 1 aliphatic carbocycles. The smallest absolute Gasteiger partial charge is 0.457 e. The molecule has 0 spiro atoms. The zero-order valence-electron chi connectivity index (χ0n) is 20.1. The van der Waals surface area contributed by atoms with Crippen molar-refractivity contribution < 1.29 is 18.8 Å². The predicted octanol–water partition coefficient (Wildman–Crippen LogP) is 4.51. The maximum absolute atomic E-state index is 13.4. The molecule has 178 valence electrons. The van der Waals surface area contributed by atoms with Crippen LogP contribution in [-0.4, -0.2) is 42.9 Å². The van der Waals surface area contributed by atoms with E-state index in [0.717, 1.165) is 37.8 Å². The Morgan fingerprint density at radius 3 is 2.58 bits per heavy atom. The first-order valence-electron chi connectivity index (χ1n) is 12.0. The fraction of sp³-hybridized carbons (Fsp3) is 0.708. The zero-order chi connectivity index (χ0) is 23.7. The Kier molecular flexibility index (Phi) is 6.79. The van der Waals surface area contributed by atoms with Gasteiger partial charge in [0, 0.05) is 4.91 Å². The minimum Gasteiger partial charge on any atom is -0.460 e. The topological polar surface area (TPSA) is 106 Å². The lowest BCUT2D eigenvalue weighted by atomic mass is 9.75. The van der Waals surface area contributed by atoms with Crippen LogP contribution in [0.25, 0.3) is 10.4 Å². The highest BCUT2D eigenvalue weighted by Crippen LogP contribution is 2.51. The monoisotopic (exact) mass is 454 g/mol. The first-order chi connectivity index (χ1) is 15.7. The van der Waals surface area contributed by atoms with Crippen molar-refractivity contribution in [2.24, 2.45) is 22.9 Å². The molecule has 3 aliphatic rings. The van der Waals surface area contributed by atoms with Crippen LogP contribution in [0.1, 0.15) is 52.5 Å². The van der Waals surface area contributed by atoms with Crippen LogP contribution in [0.5, 0.6) is 0 Å². The van der Waals surface area contributed by atoms with Crippen molar-refractivity contribution in [2.75, 3.05) is 13.1 Å². The quantitative estimate of drug-likeness (QED) is 0.205. The Labute approximate surface area is 196 Å². The van der Waals surface area contributed by atoms with E-state index in [2.05, 4.69) is 15.3 Å². The van der Waals surface area contributed by atoms with Crippen LogP contribution in [0, 0.1) is 17.8 Å². The van der Waals surface area contributed by atoms with Crippen molar-refractivity contribution in [3.8, 4) is 0 Å². The molecule has 0 bridgehead atoms. The van der Waals surface area contributed by atoms with Gasteiger partial charge in [-0.05, 0) is 88.8 Å². The summed E-state index contributed by atoms with van der Waals surface area (Å²) in [5.41, 5.74) is 8.46. The molecule has 3 fully saturated rings. The number of ether oxygens (including phenoxy) is 1. The van der Waals surface area contributed by atoms with Gasteiger partial charge in [-0.15, -0.1) is 0 Å². The number of fused-ring (bicyclic) bond motifs is 1. The fourth-order valence-electron chi connectivity index (χ4n) is 5.71. The third-order valence-corrected chi connectivity index (χ3v) is 8.14. The number of hydrogen-bond donors (Lipinski definition) is 1. The lowest BCUT2D eigenvalue weighted by molar-refractivity contribution is -0.153. The van der Waals surface area contributed by atoms with Gasteiger partial charge in [0.15, 0.2) is 0 Å². The Hall–Kier alpha value is -2.06. The molecule has 4 atom stereocenters. The van der Waals surface area contributed by atoms with Gasteiger partial charge in [-0.3, -0.25) is 4.79 Å². The van der Waals surface area contributed by atoms with Crippen LogP contribution < -0.4 is 5.32 Å². The second kappa shape index (κ2) is 9.30. The molecule has 2 saturated heterocycles. The molecule has 2 aliphatic heterocycles. The third kappa shape index (κ3) is 4.65. The van der Waals surface area contributed by atoms with Crippen LogP contribution in [0.15, 0.2) is 35.4 Å². The Bertz CT molecular complexity index is 889. The van der Waals surface area contributed by atoms with E-state index >= 15 is 0 Å². The Morgan fingerprint density at radius 2 is 1.91 bits per heavy atom. The summed E-state index contributed by atoms with van der Waals surface area (Å²) in [6.45, 7) is 10.1. The van der Waals surface area contributed by atoms with Gasteiger partial charge < -0.3 is 19.4 Å². The van der Waals surface area contributed by atoms with Gasteiger partial charge in [0.1, 0.15) is 12.1 Å². The van der Waals surface area contributed by atoms with Crippen molar-refractivity contribution in [3.05, 3.63) is 46.3 Å². The number of azide groups is 1. The number of esters is 1. The summed E-state index contributed by atoms with van der Waals surface area (Å²) in [6, 6.07) is 9.59. The van der Waals surface area contributed by atoms with Crippen molar-refractivity contribution in [1.82, 2.24) is 5.32 Å². The summed E-state index contributed by atoms with van der Waals surface area (Å²) < 4.78 is 18.0. The predicted molar refractivity (Wildman–Crippen MR) is 126 cm³/mol. The van der Waals surface area contributed by atoms with Gasteiger partial charge in [-0.25, -0.2) is 0 Å². The average Bonchev–Trinajstić information content (AvgIpc) is 3.38. The van der Waals surface area contributed by atoms with Gasteiger partial charge in [-0.1, -0.05) is 41.9 Å². The third-order valence-electron chi connectivity index (χ3n) is 8.14. The van der Waals surface area contributed by atoms with Gasteiger partial charge in [0.25, 0.3) is 0 Å². The molecule has 0 aromatic heterocycles. The van der Waals surface area contributed by atoms with Crippen molar-refractivity contribution in [1.29, 1.82) is 0 Å². The minimum atomic E-state index is -1.16. The van der Waals surface area contributed by atoms with E-state index in [1.165, 1.54) is 0 Å². The summed E-state index contributed by atoms with van der Waals surface area (Å²) in [7, 11) is -0.271. The van der Waals surface area contributed by atoms with E-state index in [1.54, 1.807) is 0 Å². The number of hydrogen-bond acceptors (Lipinski definition) is 6. The van der Waals surface area contributed by atoms with Gasteiger partial charge in [0.2, 0.25) is 0 Å². The summed E-state index contributed by atoms with van der Waals surface area (Å²) >= 11 is 0. The van der Waals surface area contributed by atoms with Crippen molar-refractivity contribution in [2.45, 2.75) is 76.6 Å². The highest BCUT2D eigenvalue weighted by molar-refractivity contribution is 6.45. The molecular weight excluding hydrogens is 419 g/mol. The SMILES string of the molecule is CC1(C)OB(CCCC2C3CNCC3C[C@@]2(N=[N+]=[N-])C(=O)OCc2ccccc2)OC1(C)C. The molecule has 1 aromatic rings. The molecule has 1 aromatic carbocycles. The lowest BCUT2D eigenvalue weighted by Crippen LogP contribution is -2.44. The van der Waals surface area contributed by atoms with Gasteiger partial charge in [-0.2, -0.15) is 0 Å². The van der Waals surface area contributed by atoms with E-state index in [1.807, 2.05) is 58.0 Å². The number of nitrogens with one attached hydrogen (secondary N) is 1. The van der Waals surface area contributed by atoms with Gasteiger partial charge in [0.05, 0.1) is 11.2 Å². The molecule has 1 saturated carbocycles. The van der Waals surface area contributed by atoms with E-state index in [-0.39, 0.29) is 36.8 Å². The number of carbonyl (C=O) groups is 1. The molecule has 0 radical (unpaired) electrons. The van der Waals surface area contributed by atoms with E-state index in [0.29, 0.717) is 12.3 Å². The zero-order valence-corrected chi connectivity index (χ0v) is 20.1. The minimum absolute atomic E-state index is 0.0703. The summed E-state index contributed by atoms with van der Waals surface area (Å²) in [5, 5.41) is 7.59. The second-order valence-electron chi connectivity index (χ2n) is 10.7. The molecule has 8 nitrogen and oxygen atoms in total. The Morgan fingerprint density at radius 1 is 1.21 bits per heavy atom. The molecule has 1 N–H and O–H groups in total. The lowest BCUT2D eigenvalue weighted by Gasteiger charge is -2.32. The number of benzene rings is 1. The summed E-state index contributed by atoms with van der Waals surface area (Å²) in [5.74, 6) is 0.123. The van der Waals surface area contributed by atoms with Crippen molar-refractivity contribution in [3.63, 3.8) is 0 Å². The maximum Gasteiger partial charge on any atom is 0.457 e. The highest BCUT2D eigenvalue weighted by Gasteiger charge is 2.59. The molecule has 2 heterocycles. The molecule has 0 amide bonds. The molecular formula is C24H35BN4O4. The van der Waals surface area contributed by atoms with E-state index in [4.69, 9.17) is 14.0 Å². The standard InChI is InChI=1S/C24H35BN4O4/c1-22(2)23(3,4)33-25(32-22)12-8-11-20-19-15-27-14-18(19)13-24(20,28-29-26)21(30)31-16-17-9-6-5-7-10-17/h5-7,9-10,18-20,27H,8,11-16H2,1-4H3/t18?,19?,20?,24-/m0/s1. The van der Waals surface area contributed by atoms with Crippen LogP contribution in [0.3, 0.4) is 0 Å². The first kappa shape index (κ1) is 24.1. The number of nitrogens with zero attached hydrogens (tertiary/aromatic N) is 3. The van der Waals surface area contributed by atoms with E-state index in [9.17, 15) is 10.3 Å². The fourth-order valence-corrected chi connectivity index (χ4v) is 5.71. The summed E-state index contributed by atoms with van der Waals surface area (Å²) in [6.07, 6.45) is 2.84. The first-order valence-corrected chi connectivity index (χ1v) is 12.0. The normalized spacial score (nSPS) is 31.8. The van der Waals surface area contributed by atoms with Gasteiger partial charge >= 0.3 is 13.1 Å². The van der Waals surface area contributed by atoms with Crippen LogP contribution >= 0.6 is 0 Å². The van der Waals surface area contributed by atoms with E-state index < -0.39 is 11.5 Å². The number of carbonyl (C=O) groups excluding carboxylic acids is 1. The van der Waals surface area contributed by atoms with Crippen molar-refractivity contribution >= 4 is 13.1 Å². The average molecular weight is 454 g/mol. The second-order valence-corrected chi connectivity index (χ2v) is 10.7. The molecule has 33 heavy (non-hydrogen) atoms. The number of rotatable bonds is 8. The van der Waals surface area contributed by atoms with Crippen LogP contribution in [0.2, 0.25) is 6.32 Å². The molecule has 9 heteroatoms.